The molecule has 0 aliphatic carbocycles. The van der Waals surface area contributed by atoms with Crippen molar-refractivity contribution in [3.63, 3.8) is 0 Å². The van der Waals surface area contributed by atoms with Crippen molar-refractivity contribution in [1.29, 1.82) is 0 Å². The number of methoxy groups -OCH3 is 2. The van der Waals surface area contributed by atoms with Crippen molar-refractivity contribution in [3.8, 4) is 0 Å². The zero-order valence-corrected chi connectivity index (χ0v) is 12.8. The van der Waals surface area contributed by atoms with Gasteiger partial charge in [-0.25, -0.2) is 5.84 Å². The standard InChI is InChI=1S/C14H24N4O3/c1-11(10-21-3)18(6-7-20-2)9-13-5-4-12(8-16-13)14(19)17-15/h4-5,8,11H,6-7,9-10,15H2,1-3H3,(H,17,19). The molecule has 0 spiro atoms. The van der Waals surface area contributed by atoms with Crippen molar-refractivity contribution < 1.29 is 14.3 Å². The molecule has 0 aliphatic rings. The smallest absolute Gasteiger partial charge is 0.266 e. The van der Waals surface area contributed by atoms with Crippen LogP contribution in [0, 0.1) is 0 Å². The molecule has 0 fully saturated rings. The first-order valence-electron chi connectivity index (χ1n) is 6.80. The summed E-state index contributed by atoms with van der Waals surface area (Å²) < 4.78 is 10.3. The molecule has 0 radical (unpaired) electrons. The number of nitrogen functional groups attached to an aromatic ring is 1. The van der Waals surface area contributed by atoms with Gasteiger partial charge in [0, 0.05) is 39.5 Å². The number of nitrogens with two attached hydrogens (primary N) is 1. The molecule has 0 saturated carbocycles. The van der Waals surface area contributed by atoms with Crippen LogP contribution in [0.5, 0.6) is 0 Å². The van der Waals surface area contributed by atoms with Crippen LogP contribution in [0.15, 0.2) is 18.3 Å². The number of carbonyl (C=O) groups is 1. The van der Waals surface area contributed by atoms with E-state index in [1.165, 1.54) is 6.20 Å². The van der Waals surface area contributed by atoms with E-state index in [2.05, 4.69) is 22.2 Å². The van der Waals surface area contributed by atoms with Gasteiger partial charge in [-0.2, -0.15) is 0 Å². The second-order valence-corrected chi connectivity index (χ2v) is 4.78. The molecule has 0 aromatic carbocycles. The van der Waals surface area contributed by atoms with E-state index in [0.717, 1.165) is 12.2 Å². The molecule has 21 heavy (non-hydrogen) atoms. The Morgan fingerprint density at radius 1 is 1.43 bits per heavy atom. The van der Waals surface area contributed by atoms with Crippen LogP contribution in [0.3, 0.4) is 0 Å². The summed E-state index contributed by atoms with van der Waals surface area (Å²) in [6, 6.07) is 3.78. The molecule has 7 nitrogen and oxygen atoms in total. The van der Waals surface area contributed by atoms with Crippen LogP contribution in [0.4, 0.5) is 0 Å². The van der Waals surface area contributed by atoms with Gasteiger partial charge in [0.15, 0.2) is 0 Å². The Labute approximate surface area is 125 Å². The number of amides is 1. The van der Waals surface area contributed by atoms with E-state index in [0.29, 0.717) is 25.3 Å². The van der Waals surface area contributed by atoms with Gasteiger partial charge in [0.25, 0.3) is 5.91 Å². The van der Waals surface area contributed by atoms with E-state index in [1.807, 2.05) is 6.07 Å². The van der Waals surface area contributed by atoms with E-state index in [9.17, 15) is 4.79 Å². The molecule has 0 aliphatic heterocycles. The topological polar surface area (TPSA) is 89.7 Å². The third-order valence-corrected chi connectivity index (χ3v) is 3.20. The first-order valence-corrected chi connectivity index (χ1v) is 6.80. The number of hydrogen-bond acceptors (Lipinski definition) is 6. The molecule has 3 N–H and O–H groups in total. The maximum atomic E-state index is 11.4. The molecule has 1 atom stereocenters. The predicted octanol–water partition coefficient (Wildman–Crippen LogP) is 0.168. The summed E-state index contributed by atoms with van der Waals surface area (Å²) in [4.78, 5) is 17.9. The molecule has 0 saturated heterocycles. The van der Waals surface area contributed by atoms with Crippen molar-refractivity contribution >= 4 is 5.91 Å². The normalized spacial score (nSPS) is 12.4. The highest BCUT2D eigenvalue weighted by Gasteiger charge is 2.15. The number of hydrogen-bond donors (Lipinski definition) is 2. The largest absolute Gasteiger partial charge is 0.383 e. The summed E-state index contributed by atoms with van der Waals surface area (Å²) in [6.45, 7) is 4.82. The fourth-order valence-corrected chi connectivity index (χ4v) is 1.95. The fourth-order valence-electron chi connectivity index (χ4n) is 1.95. The molecule has 1 heterocycles. The van der Waals surface area contributed by atoms with Gasteiger partial charge in [0.2, 0.25) is 0 Å². The van der Waals surface area contributed by atoms with Gasteiger partial charge in [-0.05, 0) is 19.1 Å². The summed E-state index contributed by atoms with van der Waals surface area (Å²) in [6.07, 6.45) is 1.52. The first kappa shape index (κ1) is 17.5. The molecular formula is C14H24N4O3. The van der Waals surface area contributed by atoms with E-state index in [1.54, 1.807) is 20.3 Å². The van der Waals surface area contributed by atoms with Crippen molar-refractivity contribution in [3.05, 3.63) is 29.6 Å². The van der Waals surface area contributed by atoms with E-state index in [-0.39, 0.29) is 11.9 Å². The second-order valence-electron chi connectivity index (χ2n) is 4.78. The maximum Gasteiger partial charge on any atom is 0.266 e. The van der Waals surface area contributed by atoms with Gasteiger partial charge >= 0.3 is 0 Å². The number of rotatable bonds is 9. The highest BCUT2D eigenvalue weighted by Crippen LogP contribution is 2.08. The Morgan fingerprint density at radius 2 is 2.19 bits per heavy atom. The Bertz CT molecular complexity index is 425. The predicted molar refractivity (Wildman–Crippen MR) is 79.5 cm³/mol. The lowest BCUT2D eigenvalue weighted by molar-refractivity contribution is 0.0697. The van der Waals surface area contributed by atoms with Crippen LogP contribution in [-0.2, 0) is 16.0 Å². The third-order valence-electron chi connectivity index (χ3n) is 3.20. The summed E-state index contributed by atoms with van der Waals surface area (Å²) in [5.41, 5.74) is 3.40. The summed E-state index contributed by atoms with van der Waals surface area (Å²) in [5.74, 6) is 4.74. The SMILES string of the molecule is COCCN(Cc1ccc(C(=O)NN)cn1)C(C)COC. The number of nitrogens with one attached hydrogen (secondary N) is 1. The number of hydrazine groups is 1. The van der Waals surface area contributed by atoms with Gasteiger partial charge in [-0.1, -0.05) is 0 Å². The number of nitrogens with zero attached hydrogens (tertiary/aromatic N) is 2. The summed E-state index contributed by atoms with van der Waals surface area (Å²) in [7, 11) is 3.36. The Hall–Kier alpha value is -1.54. The molecule has 1 amide bonds. The summed E-state index contributed by atoms with van der Waals surface area (Å²) >= 11 is 0. The minimum atomic E-state index is -0.349. The lowest BCUT2D eigenvalue weighted by atomic mass is 10.2. The zero-order chi connectivity index (χ0) is 15.7. The van der Waals surface area contributed by atoms with Crippen molar-refractivity contribution in [2.75, 3.05) is 34.0 Å². The molecule has 0 bridgehead atoms. The molecule has 1 aromatic heterocycles. The minimum Gasteiger partial charge on any atom is -0.383 e. The van der Waals surface area contributed by atoms with Crippen LogP contribution in [0.2, 0.25) is 0 Å². The van der Waals surface area contributed by atoms with Gasteiger partial charge in [-0.15, -0.1) is 0 Å². The van der Waals surface area contributed by atoms with E-state index in [4.69, 9.17) is 15.3 Å². The molecular weight excluding hydrogens is 272 g/mol. The maximum absolute atomic E-state index is 11.4. The van der Waals surface area contributed by atoms with Gasteiger partial charge in [-0.3, -0.25) is 20.1 Å². The van der Waals surface area contributed by atoms with Gasteiger partial charge in [0.1, 0.15) is 0 Å². The molecule has 1 rings (SSSR count). The fraction of sp³-hybridized carbons (Fsp3) is 0.571. The number of carbonyl (C=O) groups excluding carboxylic acids is 1. The second kappa shape index (κ2) is 9.41. The van der Waals surface area contributed by atoms with Crippen molar-refractivity contribution in [2.24, 2.45) is 5.84 Å². The lowest BCUT2D eigenvalue weighted by Gasteiger charge is -2.28. The van der Waals surface area contributed by atoms with Crippen LogP contribution in [0.1, 0.15) is 23.0 Å². The van der Waals surface area contributed by atoms with Gasteiger partial charge < -0.3 is 9.47 Å². The molecule has 1 aromatic rings. The van der Waals surface area contributed by atoms with E-state index >= 15 is 0 Å². The highest BCUT2D eigenvalue weighted by molar-refractivity contribution is 5.93. The first-order chi connectivity index (χ1) is 10.1. The number of pyridine rings is 1. The monoisotopic (exact) mass is 296 g/mol. The van der Waals surface area contributed by atoms with Gasteiger partial charge in [0.05, 0.1) is 24.5 Å². The Morgan fingerprint density at radius 3 is 2.71 bits per heavy atom. The molecule has 118 valence electrons. The Balaban J connectivity index is 2.70. The average molecular weight is 296 g/mol. The lowest BCUT2D eigenvalue weighted by Crippen LogP contribution is -2.38. The van der Waals surface area contributed by atoms with Crippen molar-refractivity contribution in [2.45, 2.75) is 19.5 Å². The van der Waals surface area contributed by atoms with Crippen LogP contribution in [-0.4, -0.2) is 55.8 Å². The summed E-state index contributed by atoms with van der Waals surface area (Å²) in [5, 5.41) is 0. The average Bonchev–Trinajstić information content (AvgIpc) is 2.51. The zero-order valence-electron chi connectivity index (χ0n) is 12.8. The molecule has 1 unspecified atom stereocenters. The number of ether oxygens (including phenoxy) is 2. The van der Waals surface area contributed by atoms with Crippen LogP contribution >= 0.6 is 0 Å². The third kappa shape index (κ3) is 5.76. The Kier molecular flexibility index (Phi) is 7.84. The van der Waals surface area contributed by atoms with Crippen LogP contribution < -0.4 is 11.3 Å². The minimum absolute atomic E-state index is 0.249. The molecule has 7 heteroatoms. The van der Waals surface area contributed by atoms with E-state index < -0.39 is 0 Å². The number of aromatic nitrogens is 1. The van der Waals surface area contributed by atoms with Crippen LogP contribution in [0.25, 0.3) is 0 Å². The highest BCUT2D eigenvalue weighted by atomic mass is 16.5. The quantitative estimate of drug-likeness (QED) is 0.383. The van der Waals surface area contributed by atoms with Crippen molar-refractivity contribution in [1.82, 2.24) is 15.3 Å².